The van der Waals surface area contributed by atoms with Crippen LogP contribution >= 0.6 is 11.3 Å². The number of methoxy groups -OCH3 is 3. The van der Waals surface area contributed by atoms with Crippen molar-refractivity contribution in [1.82, 2.24) is 15.2 Å². The Morgan fingerprint density at radius 3 is 2.33 bits per heavy atom. The van der Waals surface area contributed by atoms with Crippen LogP contribution in [0.4, 0.5) is 0 Å². The number of benzene rings is 2. The minimum Gasteiger partial charge on any atom is -0.508 e. The highest BCUT2D eigenvalue weighted by atomic mass is 32.1. The van der Waals surface area contributed by atoms with Crippen LogP contribution < -0.4 is 25.3 Å². The molecule has 0 spiro atoms. The Balaban J connectivity index is 1.38. The molecule has 212 valence electrons. The van der Waals surface area contributed by atoms with E-state index in [0.717, 1.165) is 10.6 Å². The molecule has 1 saturated heterocycles. The fraction of sp³-hybridized carbons (Fsp3) is 0.357. The van der Waals surface area contributed by atoms with Gasteiger partial charge in [-0.25, -0.2) is 4.98 Å². The normalized spacial score (nSPS) is 14.3. The maximum atomic E-state index is 13.3. The number of likely N-dealkylation sites (tertiary alicyclic amines) is 1. The number of phenols is 1. The molecule has 4 rings (SSSR count). The van der Waals surface area contributed by atoms with Gasteiger partial charge >= 0.3 is 0 Å². The Labute approximate surface area is 235 Å². The lowest BCUT2D eigenvalue weighted by Crippen LogP contribution is -2.46. The first kappa shape index (κ1) is 28.7. The number of amides is 3. The van der Waals surface area contributed by atoms with Gasteiger partial charge in [-0.2, -0.15) is 0 Å². The molecule has 40 heavy (non-hydrogen) atoms. The molecule has 0 saturated carbocycles. The van der Waals surface area contributed by atoms with Gasteiger partial charge in [0.05, 0.1) is 31.9 Å². The van der Waals surface area contributed by atoms with Crippen LogP contribution in [0, 0.1) is 0 Å². The first-order valence-electron chi connectivity index (χ1n) is 12.7. The number of primary amides is 1. The minimum absolute atomic E-state index is 0.0897. The number of rotatable bonds is 10. The molecule has 0 bridgehead atoms. The number of hydrogen-bond donors (Lipinski definition) is 3. The number of hydrogen-bond acceptors (Lipinski definition) is 9. The summed E-state index contributed by atoms with van der Waals surface area (Å²) in [5.74, 6) is 0.0342. The summed E-state index contributed by atoms with van der Waals surface area (Å²) in [5, 5.41) is 14.6. The summed E-state index contributed by atoms with van der Waals surface area (Å²) >= 11 is 1.38. The number of ether oxygens (including phenoxy) is 3. The topological polar surface area (TPSA) is 153 Å². The Hall–Kier alpha value is -4.32. The molecule has 4 N–H and O–H groups in total. The Morgan fingerprint density at radius 1 is 1.05 bits per heavy atom. The number of nitrogens with two attached hydrogens (primary N) is 1. The molecule has 1 aromatic heterocycles. The van der Waals surface area contributed by atoms with E-state index in [-0.39, 0.29) is 29.7 Å². The van der Waals surface area contributed by atoms with E-state index in [2.05, 4.69) is 10.3 Å². The van der Waals surface area contributed by atoms with Gasteiger partial charge in [-0.1, -0.05) is 12.1 Å². The zero-order valence-electron chi connectivity index (χ0n) is 22.5. The minimum atomic E-state index is -0.926. The van der Waals surface area contributed by atoms with E-state index in [1.165, 1.54) is 44.8 Å². The quantitative estimate of drug-likeness (QED) is 0.337. The number of aromatic hydroxyl groups is 1. The number of piperidine rings is 1. The highest BCUT2D eigenvalue weighted by Crippen LogP contribution is 2.41. The molecule has 1 unspecified atom stereocenters. The number of nitrogens with zero attached hydrogens (tertiary/aromatic N) is 2. The first-order chi connectivity index (χ1) is 19.2. The van der Waals surface area contributed by atoms with Gasteiger partial charge in [-0.3, -0.25) is 14.4 Å². The molecule has 11 nitrogen and oxygen atoms in total. The van der Waals surface area contributed by atoms with Crippen LogP contribution in [0.2, 0.25) is 0 Å². The van der Waals surface area contributed by atoms with Gasteiger partial charge in [-0.05, 0) is 42.7 Å². The Morgan fingerprint density at radius 2 is 1.73 bits per heavy atom. The van der Waals surface area contributed by atoms with E-state index in [9.17, 15) is 19.5 Å². The molecule has 12 heteroatoms. The summed E-state index contributed by atoms with van der Waals surface area (Å²) in [7, 11) is 4.49. The van der Waals surface area contributed by atoms with Gasteiger partial charge in [0.15, 0.2) is 11.5 Å². The van der Waals surface area contributed by atoms with Crippen LogP contribution in [0.3, 0.4) is 0 Å². The zero-order valence-corrected chi connectivity index (χ0v) is 23.3. The van der Waals surface area contributed by atoms with Crippen molar-refractivity contribution < 1.29 is 33.7 Å². The van der Waals surface area contributed by atoms with Gasteiger partial charge < -0.3 is 35.3 Å². The molecular formula is C28H32N4O7S. The third kappa shape index (κ3) is 6.28. The van der Waals surface area contributed by atoms with Crippen LogP contribution in [-0.2, 0) is 11.2 Å². The summed E-state index contributed by atoms with van der Waals surface area (Å²) < 4.78 is 16.2. The number of carbonyl (C=O) groups is 3. The number of nitrogens with one attached hydrogen (secondary N) is 1. The van der Waals surface area contributed by atoms with Crippen molar-refractivity contribution in [3.8, 4) is 23.0 Å². The van der Waals surface area contributed by atoms with Crippen LogP contribution in [0.15, 0.2) is 41.8 Å². The number of aromatic nitrogens is 1. The van der Waals surface area contributed by atoms with Gasteiger partial charge in [-0.15, -0.1) is 11.3 Å². The molecule has 1 fully saturated rings. The molecule has 1 aliphatic rings. The predicted octanol–water partition coefficient (Wildman–Crippen LogP) is 2.72. The van der Waals surface area contributed by atoms with E-state index in [0.29, 0.717) is 48.7 Å². The van der Waals surface area contributed by atoms with E-state index in [1.54, 1.807) is 34.5 Å². The number of phenolic OH excluding ortho intramolecular Hbond substituents is 1. The molecule has 0 aliphatic carbocycles. The van der Waals surface area contributed by atoms with Crippen LogP contribution in [0.5, 0.6) is 23.0 Å². The molecule has 1 atom stereocenters. The third-order valence-electron chi connectivity index (χ3n) is 6.85. The molecule has 1 aliphatic heterocycles. The largest absolute Gasteiger partial charge is 0.508 e. The van der Waals surface area contributed by atoms with Crippen LogP contribution in [0.1, 0.15) is 50.2 Å². The lowest BCUT2D eigenvalue weighted by Gasteiger charge is -2.31. The third-order valence-corrected chi connectivity index (χ3v) is 7.85. The van der Waals surface area contributed by atoms with Gasteiger partial charge in [0.25, 0.3) is 11.8 Å². The summed E-state index contributed by atoms with van der Waals surface area (Å²) in [6, 6.07) is 8.76. The van der Waals surface area contributed by atoms with E-state index >= 15 is 0 Å². The Bertz CT molecular complexity index is 1370. The maximum Gasteiger partial charge on any atom is 0.271 e. The van der Waals surface area contributed by atoms with E-state index in [4.69, 9.17) is 19.9 Å². The molecule has 3 amide bonds. The van der Waals surface area contributed by atoms with Crippen molar-refractivity contribution in [2.45, 2.75) is 31.2 Å². The smallest absolute Gasteiger partial charge is 0.271 e. The second-order valence-electron chi connectivity index (χ2n) is 9.32. The van der Waals surface area contributed by atoms with Crippen molar-refractivity contribution in [3.05, 3.63) is 63.6 Å². The van der Waals surface area contributed by atoms with Gasteiger partial charge in [0.2, 0.25) is 11.7 Å². The van der Waals surface area contributed by atoms with Crippen molar-refractivity contribution >= 4 is 29.1 Å². The molecular weight excluding hydrogens is 536 g/mol. The predicted molar refractivity (Wildman–Crippen MR) is 148 cm³/mol. The van der Waals surface area contributed by atoms with Crippen LogP contribution in [0.25, 0.3) is 0 Å². The highest BCUT2D eigenvalue weighted by molar-refractivity contribution is 7.09. The SMILES string of the molecule is COc1ccc(C(=O)N2CCC(c3nc(C(=O)NC(Cc4ccc(O)cc4)C(N)=O)cs3)CC2)c(OC)c1OC. The summed E-state index contributed by atoms with van der Waals surface area (Å²) in [6.07, 6.45) is 1.55. The zero-order chi connectivity index (χ0) is 28.8. The first-order valence-corrected chi connectivity index (χ1v) is 13.5. The molecule has 2 aromatic carbocycles. The van der Waals surface area contributed by atoms with Gasteiger partial charge in [0.1, 0.15) is 17.5 Å². The Kier molecular flexibility index (Phi) is 9.10. The summed E-state index contributed by atoms with van der Waals surface area (Å²) in [5.41, 5.74) is 6.87. The highest BCUT2D eigenvalue weighted by Gasteiger charge is 2.30. The lowest BCUT2D eigenvalue weighted by atomic mass is 9.96. The molecule has 0 radical (unpaired) electrons. The van der Waals surface area contributed by atoms with Crippen molar-refractivity contribution in [2.24, 2.45) is 5.73 Å². The van der Waals surface area contributed by atoms with E-state index in [1.807, 2.05) is 0 Å². The summed E-state index contributed by atoms with van der Waals surface area (Å²) in [6.45, 7) is 1.02. The van der Waals surface area contributed by atoms with Crippen molar-refractivity contribution in [2.75, 3.05) is 34.4 Å². The average molecular weight is 569 g/mol. The fourth-order valence-corrected chi connectivity index (χ4v) is 5.64. The van der Waals surface area contributed by atoms with Crippen molar-refractivity contribution in [1.29, 1.82) is 0 Å². The maximum absolute atomic E-state index is 13.3. The summed E-state index contributed by atoms with van der Waals surface area (Å²) in [4.78, 5) is 44.4. The fourth-order valence-electron chi connectivity index (χ4n) is 4.67. The monoisotopic (exact) mass is 568 g/mol. The second-order valence-corrected chi connectivity index (χ2v) is 10.2. The second kappa shape index (κ2) is 12.7. The lowest BCUT2D eigenvalue weighted by molar-refractivity contribution is -0.119. The average Bonchev–Trinajstić information content (AvgIpc) is 3.47. The van der Waals surface area contributed by atoms with Gasteiger partial charge in [0, 0.05) is 30.8 Å². The standard InChI is InChI=1S/C28H32N4O7S/c1-37-22-9-8-19(23(38-2)24(22)39-3)28(36)32-12-10-17(11-13-32)27-31-21(15-40-27)26(35)30-20(25(29)34)14-16-4-6-18(33)7-5-16/h4-9,15,17,20,33H,10-14H2,1-3H3,(H2,29,34)(H,30,35). The molecule has 2 heterocycles. The number of carbonyl (C=O) groups excluding carboxylic acids is 3. The van der Waals surface area contributed by atoms with Crippen molar-refractivity contribution in [3.63, 3.8) is 0 Å². The van der Waals surface area contributed by atoms with Crippen LogP contribution in [-0.4, -0.2) is 73.2 Å². The van der Waals surface area contributed by atoms with E-state index < -0.39 is 17.9 Å². The molecule has 3 aromatic rings. The number of thiazole rings is 1.